The number of carbonyl (C=O) groups is 1. The molecule has 2 rings (SSSR count). The number of rotatable bonds is 5. The van der Waals surface area contributed by atoms with Gasteiger partial charge in [0, 0.05) is 17.0 Å². The van der Waals surface area contributed by atoms with Crippen molar-refractivity contribution < 1.29 is 23.1 Å². The van der Waals surface area contributed by atoms with Crippen LogP contribution in [0.4, 0.5) is 13.2 Å². The summed E-state index contributed by atoms with van der Waals surface area (Å²) in [4.78, 5) is 16.0. The molecule has 0 aliphatic carbocycles. The lowest BCUT2D eigenvalue weighted by Gasteiger charge is -2.09. The molecular weight excluding hydrogens is 329 g/mol. The van der Waals surface area contributed by atoms with E-state index >= 15 is 0 Å². The van der Waals surface area contributed by atoms with E-state index in [1.807, 2.05) is 0 Å². The highest BCUT2D eigenvalue weighted by Gasteiger charge is 2.30. The SMILES string of the molecule is CC(CO)NC(=O)Cc1csc(-c2ccc(C(F)(F)F)cc2)n1. The quantitative estimate of drug-likeness (QED) is 0.877. The molecule has 0 radical (unpaired) electrons. The predicted molar refractivity (Wildman–Crippen MR) is 80.9 cm³/mol. The van der Waals surface area contributed by atoms with Gasteiger partial charge < -0.3 is 10.4 Å². The molecule has 0 aliphatic rings. The minimum Gasteiger partial charge on any atom is -0.394 e. The molecule has 0 aliphatic heterocycles. The molecule has 1 heterocycles. The second-order valence-electron chi connectivity index (χ2n) is 5.05. The average Bonchev–Trinajstić information content (AvgIpc) is 2.94. The summed E-state index contributed by atoms with van der Waals surface area (Å²) in [6, 6.07) is 4.40. The third-order valence-corrected chi connectivity index (χ3v) is 3.97. The molecular formula is C15H15F3N2O2S. The number of carbonyl (C=O) groups excluding carboxylic acids is 1. The van der Waals surface area contributed by atoms with Gasteiger partial charge in [-0.05, 0) is 19.1 Å². The molecule has 1 unspecified atom stereocenters. The van der Waals surface area contributed by atoms with E-state index in [9.17, 15) is 18.0 Å². The summed E-state index contributed by atoms with van der Waals surface area (Å²) in [5.74, 6) is -0.268. The van der Waals surface area contributed by atoms with E-state index in [4.69, 9.17) is 5.11 Å². The van der Waals surface area contributed by atoms with E-state index in [-0.39, 0.29) is 25.0 Å². The summed E-state index contributed by atoms with van der Waals surface area (Å²) in [6.45, 7) is 1.52. The summed E-state index contributed by atoms with van der Waals surface area (Å²) in [5.41, 5.74) is 0.390. The van der Waals surface area contributed by atoms with Crippen molar-refractivity contribution in [3.8, 4) is 10.6 Å². The van der Waals surface area contributed by atoms with Gasteiger partial charge in [0.05, 0.1) is 24.3 Å². The summed E-state index contributed by atoms with van der Waals surface area (Å²) in [6.07, 6.45) is -4.31. The van der Waals surface area contributed by atoms with Gasteiger partial charge in [0.15, 0.2) is 0 Å². The second kappa shape index (κ2) is 7.10. The molecule has 1 amide bonds. The van der Waals surface area contributed by atoms with E-state index in [1.165, 1.54) is 23.5 Å². The predicted octanol–water partition coefficient (Wildman–Crippen LogP) is 2.87. The van der Waals surface area contributed by atoms with Gasteiger partial charge in [0.25, 0.3) is 0 Å². The molecule has 23 heavy (non-hydrogen) atoms. The molecule has 0 spiro atoms. The largest absolute Gasteiger partial charge is 0.416 e. The molecule has 0 saturated heterocycles. The standard InChI is InChI=1S/C15H15F3N2O2S/c1-9(7-21)19-13(22)6-12-8-23-14(20-12)10-2-4-11(5-3-10)15(16,17)18/h2-5,8-9,21H,6-7H2,1H3,(H,19,22). The van der Waals surface area contributed by atoms with Gasteiger partial charge in [-0.2, -0.15) is 13.2 Å². The van der Waals surface area contributed by atoms with Crippen molar-refractivity contribution in [3.63, 3.8) is 0 Å². The van der Waals surface area contributed by atoms with E-state index in [0.717, 1.165) is 12.1 Å². The fourth-order valence-corrected chi connectivity index (χ4v) is 2.68. The van der Waals surface area contributed by atoms with Gasteiger partial charge in [-0.1, -0.05) is 12.1 Å². The Morgan fingerprint density at radius 1 is 1.35 bits per heavy atom. The summed E-state index contributed by atoms with van der Waals surface area (Å²) in [7, 11) is 0. The van der Waals surface area contributed by atoms with Gasteiger partial charge in [0.1, 0.15) is 5.01 Å². The Hall–Kier alpha value is -1.93. The van der Waals surface area contributed by atoms with Crippen LogP contribution in [0, 0.1) is 0 Å². The Labute approximate surface area is 135 Å². The number of alkyl halides is 3. The first-order valence-electron chi connectivity index (χ1n) is 6.82. The molecule has 0 saturated carbocycles. The molecule has 4 nitrogen and oxygen atoms in total. The Bertz CT molecular complexity index is 668. The van der Waals surface area contributed by atoms with Crippen LogP contribution < -0.4 is 5.32 Å². The molecule has 1 aromatic heterocycles. The van der Waals surface area contributed by atoms with E-state index in [2.05, 4.69) is 10.3 Å². The van der Waals surface area contributed by atoms with Gasteiger partial charge in [0.2, 0.25) is 5.91 Å². The average molecular weight is 344 g/mol. The number of thiazole rings is 1. The topological polar surface area (TPSA) is 62.2 Å². The van der Waals surface area contributed by atoms with Crippen molar-refractivity contribution in [2.75, 3.05) is 6.61 Å². The lowest BCUT2D eigenvalue weighted by atomic mass is 10.1. The van der Waals surface area contributed by atoms with Crippen LogP contribution in [-0.2, 0) is 17.4 Å². The van der Waals surface area contributed by atoms with E-state index in [1.54, 1.807) is 12.3 Å². The first-order valence-corrected chi connectivity index (χ1v) is 7.70. The number of aliphatic hydroxyl groups excluding tert-OH is 1. The van der Waals surface area contributed by atoms with Crippen molar-refractivity contribution in [1.29, 1.82) is 0 Å². The van der Waals surface area contributed by atoms with Gasteiger partial charge in [-0.25, -0.2) is 4.98 Å². The van der Waals surface area contributed by atoms with Crippen molar-refractivity contribution in [1.82, 2.24) is 10.3 Å². The molecule has 0 bridgehead atoms. The number of aromatic nitrogens is 1. The maximum Gasteiger partial charge on any atom is 0.416 e. The molecule has 1 atom stereocenters. The Morgan fingerprint density at radius 3 is 2.57 bits per heavy atom. The number of aliphatic hydroxyl groups is 1. The van der Waals surface area contributed by atoms with Crippen molar-refractivity contribution in [3.05, 3.63) is 40.9 Å². The van der Waals surface area contributed by atoms with Crippen LogP contribution in [0.5, 0.6) is 0 Å². The first-order chi connectivity index (χ1) is 10.8. The number of amides is 1. The zero-order valence-corrected chi connectivity index (χ0v) is 13.0. The molecule has 2 N–H and O–H groups in total. The van der Waals surface area contributed by atoms with Crippen molar-refractivity contribution in [2.24, 2.45) is 0 Å². The fourth-order valence-electron chi connectivity index (χ4n) is 1.86. The van der Waals surface area contributed by atoms with Crippen LogP contribution in [0.15, 0.2) is 29.6 Å². The third kappa shape index (κ3) is 4.77. The maximum atomic E-state index is 12.5. The highest BCUT2D eigenvalue weighted by Crippen LogP contribution is 2.31. The highest BCUT2D eigenvalue weighted by molar-refractivity contribution is 7.13. The summed E-state index contributed by atoms with van der Waals surface area (Å²) in [5, 5.41) is 13.7. The lowest BCUT2D eigenvalue weighted by Crippen LogP contribution is -2.36. The molecule has 124 valence electrons. The number of nitrogens with zero attached hydrogens (tertiary/aromatic N) is 1. The van der Waals surface area contributed by atoms with E-state index < -0.39 is 11.7 Å². The molecule has 2 aromatic rings. The van der Waals surface area contributed by atoms with Crippen LogP contribution in [0.25, 0.3) is 10.6 Å². The number of hydrogen-bond acceptors (Lipinski definition) is 4. The van der Waals surface area contributed by atoms with Crippen LogP contribution in [-0.4, -0.2) is 28.6 Å². The summed E-state index contributed by atoms with van der Waals surface area (Å²) < 4.78 is 37.6. The maximum absolute atomic E-state index is 12.5. The second-order valence-corrected chi connectivity index (χ2v) is 5.91. The van der Waals surface area contributed by atoms with Gasteiger partial charge >= 0.3 is 6.18 Å². The Morgan fingerprint density at radius 2 is 2.00 bits per heavy atom. The summed E-state index contributed by atoms with van der Waals surface area (Å²) >= 11 is 1.26. The highest BCUT2D eigenvalue weighted by atomic mass is 32.1. The smallest absolute Gasteiger partial charge is 0.394 e. The van der Waals surface area contributed by atoms with Gasteiger partial charge in [-0.15, -0.1) is 11.3 Å². The minimum absolute atomic E-state index is 0.0570. The van der Waals surface area contributed by atoms with Crippen molar-refractivity contribution in [2.45, 2.75) is 25.6 Å². The lowest BCUT2D eigenvalue weighted by molar-refractivity contribution is -0.137. The zero-order valence-electron chi connectivity index (χ0n) is 12.2. The van der Waals surface area contributed by atoms with Crippen LogP contribution in [0.2, 0.25) is 0 Å². The minimum atomic E-state index is -4.37. The monoisotopic (exact) mass is 344 g/mol. The molecule has 1 aromatic carbocycles. The number of hydrogen-bond donors (Lipinski definition) is 2. The number of nitrogens with one attached hydrogen (secondary N) is 1. The number of halogens is 3. The van der Waals surface area contributed by atoms with E-state index in [0.29, 0.717) is 16.3 Å². The fraction of sp³-hybridized carbons (Fsp3) is 0.333. The molecule has 0 fully saturated rings. The van der Waals surface area contributed by atoms with Gasteiger partial charge in [-0.3, -0.25) is 4.79 Å². The third-order valence-electron chi connectivity index (χ3n) is 3.03. The number of benzene rings is 1. The Kier molecular flexibility index (Phi) is 5.38. The first kappa shape index (κ1) is 17.4. The normalized spacial score (nSPS) is 12.9. The Balaban J connectivity index is 2.06. The van der Waals surface area contributed by atoms with Crippen molar-refractivity contribution >= 4 is 17.2 Å². The zero-order chi connectivity index (χ0) is 17.0. The molecule has 8 heteroatoms. The van der Waals surface area contributed by atoms with Crippen LogP contribution in [0.1, 0.15) is 18.2 Å². The van der Waals surface area contributed by atoms with Crippen LogP contribution in [0.3, 0.4) is 0 Å². The van der Waals surface area contributed by atoms with Crippen LogP contribution >= 0.6 is 11.3 Å².